The van der Waals surface area contributed by atoms with Crippen LogP contribution in [0.3, 0.4) is 0 Å². The first-order chi connectivity index (χ1) is 9.33. The second kappa shape index (κ2) is 4.93. The van der Waals surface area contributed by atoms with E-state index in [1.54, 1.807) is 4.68 Å². The average Bonchev–Trinajstić information content (AvgIpc) is 3.08. The number of tetrazole rings is 1. The molecular formula is C13H14N6. The van der Waals surface area contributed by atoms with Gasteiger partial charge in [-0.25, -0.2) is 0 Å². The van der Waals surface area contributed by atoms with Crippen molar-refractivity contribution >= 4 is 5.69 Å². The van der Waals surface area contributed by atoms with Crippen LogP contribution in [0.5, 0.6) is 0 Å². The van der Waals surface area contributed by atoms with Crippen LogP contribution < -0.4 is 5.32 Å². The second-order valence-corrected chi connectivity index (χ2v) is 4.26. The van der Waals surface area contributed by atoms with Gasteiger partial charge in [0.1, 0.15) is 0 Å². The van der Waals surface area contributed by atoms with Crippen molar-refractivity contribution in [1.29, 1.82) is 0 Å². The third-order valence-electron chi connectivity index (χ3n) is 2.88. The third kappa shape index (κ3) is 2.47. The lowest BCUT2D eigenvalue weighted by Gasteiger charge is -2.07. The maximum absolute atomic E-state index is 3.96. The lowest BCUT2D eigenvalue weighted by atomic mass is 10.2. The fourth-order valence-electron chi connectivity index (χ4n) is 1.89. The minimum absolute atomic E-state index is 0.766. The van der Waals surface area contributed by atoms with Gasteiger partial charge in [-0.2, -0.15) is 4.68 Å². The van der Waals surface area contributed by atoms with Crippen molar-refractivity contribution in [2.45, 2.75) is 13.5 Å². The summed E-state index contributed by atoms with van der Waals surface area (Å²) in [5.74, 6) is 0.766. The van der Waals surface area contributed by atoms with Gasteiger partial charge in [-0.3, -0.25) is 0 Å². The molecule has 2 heterocycles. The lowest BCUT2D eigenvalue weighted by Crippen LogP contribution is -2.02. The van der Waals surface area contributed by atoms with Gasteiger partial charge in [0, 0.05) is 24.6 Å². The Labute approximate surface area is 110 Å². The highest BCUT2D eigenvalue weighted by molar-refractivity contribution is 5.51. The van der Waals surface area contributed by atoms with Crippen LogP contribution in [0, 0.1) is 6.92 Å². The van der Waals surface area contributed by atoms with Gasteiger partial charge in [0.05, 0.1) is 5.69 Å². The fourth-order valence-corrected chi connectivity index (χ4v) is 1.89. The van der Waals surface area contributed by atoms with Crippen LogP contribution in [0.2, 0.25) is 0 Å². The van der Waals surface area contributed by atoms with E-state index >= 15 is 0 Å². The predicted molar refractivity (Wildman–Crippen MR) is 72.0 cm³/mol. The molecule has 0 saturated carbocycles. The number of H-pyrrole nitrogens is 1. The zero-order valence-electron chi connectivity index (χ0n) is 10.5. The Hall–Kier alpha value is -2.63. The summed E-state index contributed by atoms with van der Waals surface area (Å²) in [6.45, 7) is 2.65. The van der Waals surface area contributed by atoms with Crippen LogP contribution in [-0.4, -0.2) is 25.2 Å². The van der Waals surface area contributed by atoms with E-state index in [1.165, 1.54) is 5.56 Å². The number of anilines is 1. The van der Waals surface area contributed by atoms with Gasteiger partial charge < -0.3 is 10.3 Å². The Morgan fingerprint density at radius 2 is 2.26 bits per heavy atom. The number of aryl methyl sites for hydroxylation is 1. The van der Waals surface area contributed by atoms with Gasteiger partial charge in [-0.05, 0) is 47.2 Å². The molecule has 3 aromatic rings. The molecule has 0 fully saturated rings. The summed E-state index contributed by atoms with van der Waals surface area (Å²) in [4.78, 5) is 3.04. The molecule has 0 atom stereocenters. The van der Waals surface area contributed by atoms with Crippen LogP contribution in [-0.2, 0) is 6.54 Å². The SMILES string of the molecule is Cc1nnnn1-c1cccc(NCc2cc[nH]c2)c1. The summed E-state index contributed by atoms with van der Waals surface area (Å²) < 4.78 is 1.71. The highest BCUT2D eigenvalue weighted by Crippen LogP contribution is 2.15. The number of hydrogen-bond donors (Lipinski definition) is 2. The molecule has 2 N–H and O–H groups in total. The number of rotatable bonds is 4. The monoisotopic (exact) mass is 254 g/mol. The van der Waals surface area contributed by atoms with Crippen LogP contribution in [0.4, 0.5) is 5.69 Å². The minimum atomic E-state index is 0.766. The van der Waals surface area contributed by atoms with Gasteiger partial charge in [0.2, 0.25) is 0 Å². The molecule has 0 saturated heterocycles. The molecule has 0 radical (unpaired) electrons. The van der Waals surface area contributed by atoms with Gasteiger partial charge in [0.15, 0.2) is 5.82 Å². The van der Waals surface area contributed by atoms with E-state index in [1.807, 2.05) is 49.6 Å². The summed E-state index contributed by atoms with van der Waals surface area (Å²) in [7, 11) is 0. The molecule has 1 aromatic carbocycles. The first kappa shape index (κ1) is 11.5. The van der Waals surface area contributed by atoms with Crippen LogP contribution in [0.1, 0.15) is 11.4 Å². The first-order valence-corrected chi connectivity index (χ1v) is 6.04. The lowest BCUT2D eigenvalue weighted by molar-refractivity contribution is 0.779. The zero-order chi connectivity index (χ0) is 13.1. The summed E-state index contributed by atoms with van der Waals surface area (Å²) >= 11 is 0. The number of nitrogens with one attached hydrogen (secondary N) is 2. The standard InChI is InChI=1S/C13H14N6/c1-10-16-17-18-19(10)13-4-2-3-12(7-13)15-9-11-5-6-14-8-11/h2-8,14-15H,9H2,1H3. The van der Waals surface area contributed by atoms with Crippen LogP contribution in [0.15, 0.2) is 42.7 Å². The van der Waals surface area contributed by atoms with E-state index < -0.39 is 0 Å². The highest BCUT2D eigenvalue weighted by Gasteiger charge is 2.04. The molecule has 0 unspecified atom stereocenters. The van der Waals surface area contributed by atoms with E-state index in [2.05, 4.69) is 25.8 Å². The Morgan fingerprint density at radius 3 is 3.00 bits per heavy atom. The minimum Gasteiger partial charge on any atom is -0.381 e. The van der Waals surface area contributed by atoms with Crippen molar-refractivity contribution in [3.8, 4) is 5.69 Å². The van der Waals surface area contributed by atoms with Crippen LogP contribution in [0.25, 0.3) is 5.69 Å². The highest BCUT2D eigenvalue weighted by atomic mass is 15.5. The largest absolute Gasteiger partial charge is 0.381 e. The maximum Gasteiger partial charge on any atom is 0.153 e. The number of benzene rings is 1. The van der Waals surface area contributed by atoms with Crippen molar-refractivity contribution in [2.24, 2.45) is 0 Å². The Bertz CT molecular complexity index is 655. The Balaban J connectivity index is 1.78. The van der Waals surface area contributed by atoms with Crippen molar-refractivity contribution < 1.29 is 0 Å². The topological polar surface area (TPSA) is 71.4 Å². The second-order valence-electron chi connectivity index (χ2n) is 4.26. The molecule has 0 bridgehead atoms. The van der Waals surface area contributed by atoms with E-state index in [0.29, 0.717) is 0 Å². The number of aromatic amines is 1. The zero-order valence-corrected chi connectivity index (χ0v) is 10.5. The van der Waals surface area contributed by atoms with Gasteiger partial charge in [-0.15, -0.1) is 5.10 Å². The Kier molecular flexibility index (Phi) is 2.97. The Morgan fingerprint density at radius 1 is 1.32 bits per heavy atom. The molecule has 0 aliphatic heterocycles. The normalized spacial score (nSPS) is 10.6. The van der Waals surface area contributed by atoms with Crippen LogP contribution >= 0.6 is 0 Å². The van der Waals surface area contributed by atoms with Crippen molar-refractivity contribution in [3.63, 3.8) is 0 Å². The van der Waals surface area contributed by atoms with Crippen molar-refractivity contribution in [2.75, 3.05) is 5.32 Å². The molecule has 3 rings (SSSR count). The third-order valence-corrected chi connectivity index (χ3v) is 2.88. The fraction of sp³-hybridized carbons (Fsp3) is 0.154. The van der Waals surface area contributed by atoms with E-state index in [0.717, 1.165) is 23.7 Å². The molecule has 6 nitrogen and oxygen atoms in total. The smallest absolute Gasteiger partial charge is 0.153 e. The van der Waals surface area contributed by atoms with Gasteiger partial charge in [-0.1, -0.05) is 6.07 Å². The predicted octanol–water partition coefficient (Wildman–Crippen LogP) is 1.91. The molecular weight excluding hydrogens is 240 g/mol. The molecule has 19 heavy (non-hydrogen) atoms. The van der Waals surface area contributed by atoms with Gasteiger partial charge in [0.25, 0.3) is 0 Å². The molecule has 0 amide bonds. The molecule has 6 heteroatoms. The number of aromatic nitrogens is 5. The molecule has 2 aromatic heterocycles. The number of hydrogen-bond acceptors (Lipinski definition) is 4. The molecule has 0 spiro atoms. The van der Waals surface area contributed by atoms with E-state index in [-0.39, 0.29) is 0 Å². The van der Waals surface area contributed by atoms with Crippen molar-refractivity contribution in [3.05, 3.63) is 54.1 Å². The van der Waals surface area contributed by atoms with E-state index in [4.69, 9.17) is 0 Å². The van der Waals surface area contributed by atoms with E-state index in [9.17, 15) is 0 Å². The first-order valence-electron chi connectivity index (χ1n) is 6.04. The summed E-state index contributed by atoms with van der Waals surface area (Å²) in [5, 5.41) is 14.9. The quantitative estimate of drug-likeness (QED) is 0.746. The van der Waals surface area contributed by atoms with Gasteiger partial charge >= 0.3 is 0 Å². The summed E-state index contributed by atoms with van der Waals surface area (Å²) in [6, 6.07) is 10.1. The average molecular weight is 254 g/mol. The van der Waals surface area contributed by atoms with Crippen molar-refractivity contribution in [1.82, 2.24) is 25.2 Å². The molecule has 0 aliphatic carbocycles. The maximum atomic E-state index is 3.96. The number of nitrogens with zero attached hydrogens (tertiary/aromatic N) is 4. The molecule has 96 valence electrons. The summed E-state index contributed by atoms with van der Waals surface area (Å²) in [6.07, 6.45) is 3.89. The summed E-state index contributed by atoms with van der Waals surface area (Å²) in [5.41, 5.74) is 3.19. The molecule has 0 aliphatic rings.